The number of amides is 2. The van der Waals surface area contributed by atoms with Crippen LogP contribution in [0, 0.1) is 5.92 Å². The minimum atomic E-state index is -1.09. The molecule has 2 aromatic rings. The van der Waals surface area contributed by atoms with Gasteiger partial charge in [-0.2, -0.15) is 0 Å². The smallest absolute Gasteiger partial charge is 0.254 e. The van der Waals surface area contributed by atoms with Crippen LogP contribution in [0.1, 0.15) is 32.3 Å². The van der Waals surface area contributed by atoms with E-state index in [0.717, 1.165) is 29.5 Å². The second-order valence-electron chi connectivity index (χ2n) is 7.81. The molecule has 160 valence electrons. The van der Waals surface area contributed by atoms with Crippen molar-refractivity contribution in [3.05, 3.63) is 54.4 Å². The molecule has 1 aliphatic heterocycles. The molecule has 1 atom stereocenters. The Bertz CT molecular complexity index is 867. The van der Waals surface area contributed by atoms with Gasteiger partial charge in [0, 0.05) is 38.3 Å². The third-order valence-electron chi connectivity index (χ3n) is 5.88. The van der Waals surface area contributed by atoms with Gasteiger partial charge in [-0.25, -0.2) is 0 Å². The fourth-order valence-corrected chi connectivity index (χ4v) is 4.14. The van der Waals surface area contributed by atoms with Gasteiger partial charge in [-0.3, -0.25) is 14.6 Å². The van der Waals surface area contributed by atoms with E-state index in [0.29, 0.717) is 19.6 Å². The van der Waals surface area contributed by atoms with E-state index >= 15 is 0 Å². The number of aromatic nitrogens is 1. The number of carbonyl (C=O) groups is 2. The Kier molecular flexibility index (Phi) is 7.21. The number of hydrogen-bond acceptors (Lipinski definition) is 4. The highest BCUT2D eigenvalue weighted by atomic mass is 16.5. The van der Waals surface area contributed by atoms with Gasteiger partial charge in [0.1, 0.15) is 0 Å². The van der Waals surface area contributed by atoms with E-state index < -0.39 is 5.60 Å². The lowest BCUT2D eigenvalue weighted by Crippen LogP contribution is -2.62. The Morgan fingerprint density at radius 1 is 1.20 bits per heavy atom. The summed E-state index contributed by atoms with van der Waals surface area (Å²) in [7, 11) is 1.61. The molecule has 2 amide bonds. The summed E-state index contributed by atoms with van der Waals surface area (Å²) in [6, 6.07) is 12.0. The first kappa shape index (κ1) is 22.0. The lowest BCUT2D eigenvalue weighted by molar-refractivity contribution is -0.167. The summed E-state index contributed by atoms with van der Waals surface area (Å²) in [5, 5.41) is 2.75. The van der Waals surface area contributed by atoms with Gasteiger partial charge < -0.3 is 15.0 Å². The molecular weight excluding hydrogens is 378 g/mol. The van der Waals surface area contributed by atoms with Crippen LogP contribution in [0.4, 0.5) is 0 Å². The highest BCUT2D eigenvalue weighted by Gasteiger charge is 2.45. The van der Waals surface area contributed by atoms with Crippen LogP contribution >= 0.6 is 0 Å². The van der Waals surface area contributed by atoms with Crippen molar-refractivity contribution >= 4 is 11.8 Å². The van der Waals surface area contributed by atoms with Crippen molar-refractivity contribution in [1.82, 2.24) is 15.2 Å². The van der Waals surface area contributed by atoms with Gasteiger partial charge in [0.2, 0.25) is 5.91 Å². The Morgan fingerprint density at radius 3 is 2.63 bits per heavy atom. The maximum Gasteiger partial charge on any atom is 0.254 e. The zero-order chi connectivity index (χ0) is 21.6. The third-order valence-corrected chi connectivity index (χ3v) is 5.88. The Hall–Kier alpha value is -2.73. The maximum atomic E-state index is 13.0. The van der Waals surface area contributed by atoms with E-state index in [1.807, 2.05) is 50.4 Å². The summed E-state index contributed by atoms with van der Waals surface area (Å²) in [6.45, 7) is 5.19. The molecule has 1 fully saturated rings. The monoisotopic (exact) mass is 409 g/mol. The topological polar surface area (TPSA) is 71.5 Å². The summed E-state index contributed by atoms with van der Waals surface area (Å²) in [4.78, 5) is 31.9. The molecule has 1 N–H and O–H groups in total. The largest absolute Gasteiger partial charge is 0.361 e. The first-order valence-corrected chi connectivity index (χ1v) is 10.7. The van der Waals surface area contributed by atoms with Gasteiger partial charge in [-0.15, -0.1) is 0 Å². The minimum absolute atomic E-state index is 0.0144. The number of morpholine rings is 1. The van der Waals surface area contributed by atoms with Crippen LogP contribution in [0.15, 0.2) is 48.8 Å². The second kappa shape index (κ2) is 9.85. The molecule has 1 saturated heterocycles. The Morgan fingerprint density at radius 2 is 1.97 bits per heavy atom. The van der Waals surface area contributed by atoms with Crippen molar-refractivity contribution in [3.63, 3.8) is 0 Å². The number of rotatable bonds is 7. The van der Waals surface area contributed by atoms with Crippen molar-refractivity contribution in [1.29, 1.82) is 0 Å². The number of nitrogens with one attached hydrogen (secondary N) is 1. The van der Waals surface area contributed by atoms with Crippen LogP contribution in [-0.2, 0) is 20.7 Å². The second-order valence-corrected chi connectivity index (χ2v) is 7.81. The number of pyridine rings is 1. The summed E-state index contributed by atoms with van der Waals surface area (Å²) < 4.78 is 6.08. The molecule has 0 aliphatic carbocycles. The number of hydrogen-bond donors (Lipinski definition) is 1. The van der Waals surface area contributed by atoms with Crippen LogP contribution < -0.4 is 5.32 Å². The molecule has 30 heavy (non-hydrogen) atoms. The predicted molar refractivity (Wildman–Crippen MR) is 117 cm³/mol. The summed E-state index contributed by atoms with van der Waals surface area (Å²) in [6.07, 6.45) is 5.56. The van der Waals surface area contributed by atoms with Crippen molar-refractivity contribution in [3.8, 4) is 11.1 Å². The standard InChI is InChI=1S/C24H31N3O3/c1-4-19(5-2)22(28)27-12-13-30-24(17-27,23(29)25-3)15-18-8-6-9-20(14-18)21-10-7-11-26-16-21/h6-11,14,16,19H,4-5,12-13,15,17H2,1-3H3,(H,25,29). The molecule has 6 heteroatoms. The van der Waals surface area contributed by atoms with E-state index in [1.165, 1.54) is 0 Å². The molecule has 6 nitrogen and oxygen atoms in total. The normalized spacial score (nSPS) is 19.0. The zero-order valence-corrected chi connectivity index (χ0v) is 18.1. The lowest BCUT2D eigenvalue weighted by Gasteiger charge is -2.42. The Balaban J connectivity index is 1.88. The maximum absolute atomic E-state index is 13.0. The molecule has 1 aliphatic rings. The lowest BCUT2D eigenvalue weighted by atomic mass is 9.89. The van der Waals surface area contributed by atoms with Gasteiger partial charge in [0.15, 0.2) is 5.60 Å². The highest BCUT2D eigenvalue weighted by Crippen LogP contribution is 2.28. The molecule has 1 unspecified atom stereocenters. The van der Waals surface area contributed by atoms with Crippen LogP contribution in [0.3, 0.4) is 0 Å². The summed E-state index contributed by atoms with van der Waals surface area (Å²) in [5.41, 5.74) is 1.94. The molecule has 1 aromatic heterocycles. The molecule has 0 saturated carbocycles. The van der Waals surface area contributed by atoms with E-state index in [4.69, 9.17) is 4.74 Å². The van der Waals surface area contributed by atoms with Crippen molar-refractivity contribution in [2.75, 3.05) is 26.7 Å². The molecule has 0 spiro atoms. The SMILES string of the molecule is CCC(CC)C(=O)N1CCOC(Cc2cccc(-c3cccnc3)c2)(C(=O)NC)C1. The number of benzene rings is 1. The molecule has 1 aromatic carbocycles. The van der Waals surface area contributed by atoms with Crippen LogP contribution in [0.2, 0.25) is 0 Å². The first-order valence-electron chi connectivity index (χ1n) is 10.7. The van der Waals surface area contributed by atoms with Gasteiger partial charge in [0.05, 0.1) is 13.2 Å². The molecule has 2 heterocycles. The average molecular weight is 410 g/mol. The number of likely N-dealkylation sites (N-methyl/N-ethyl adjacent to an activating group) is 1. The van der Waals surface area contributed by atoms with E-state index in [9.17, 15) is 9.59 Å². The van der Waals surface area contributed by atoms with Crippen molar-refractivity contribution in [2.24, 2.45) is 5.92 Å². The predicted octanol–water partition coefficient (Wildman–Crippen LogP) is 3.07. The fraction of sp³-hybridized carbons (Fsp3) is 0.458. The fourth-order valence-electron chi connectivity index (χ4n) is 4.14. The van der Waals surface area contributed by atoms with Crippen LogP contribution in [0.5, 0.6) is 0 Å². The van der Waals surface area contributed by atoms with E-state index in [-0.39, 0.29) is 24.3 Å². The molecule has 3 rings (SSSR count). The molecular formula is C24H31N3O3. The van der Waals surface area contributed by atoms with Gasteiger partial charge in [-0.05, 0) is 35.6 Å². The van der Waals surface area contributed by atoms with Crippen LogP contribution in [0.25, 0.3) is 11.1 Å². The van der Waals surface area contributed by atoms with Crippen molar-refractivity contribution < 1.29 is 14.3 Å². The molecule has 0 bridgehead atoms. The average Bonchev–Trinajstić information content (AvgIpc) is 2.80. The minimum Gasteiger partial charge on any atom is -0.361 e. The van der Waals surface area contributed by atoms with Crippen molar-refractivity contribution in [2.45, 2.75) is 38.7 Å². The highest BCUT2D eigenvalue weighted by molar-refractivity contribution is 5.87. The summed E-state index contributed by atoms with van der Waals surface area (Å²) >= 11 is 0. The Labute approximate surface area is 178 Å². The third kappa shape index (κ3) is 4.70. The summed E-state index contributed by atoms with van der Waals surface area (Å²) in [5.74, 6) is -0.101. The number of ether oxygens (including phenoxy) is 1. The quantitative estimate of drug-likeness (QED) is 0.763. The van der Waals surface area contributed by atoms with E-state index in [2.05, 4.69) is 16.4 Å². The number of nitrogens with zero attached hydrogens (tertiary/aromatic N) is 2. The number of carbonyl (C=O) groups excluding carboxylic acids is 2. The van der Waals surface area contributed by atoms with Gasteiger partial charge in [0.25, 0.3) is 5.91 Å². The van der Waals surface area contributed by atoms with E-state index in [1.54, 1.807) is 18.1 Å². The van der Waals surface area contributed by atoms with Gasteiger partial charge in [-0.1, -0.05) is 44.2 Å². The van der Waals surface area contributed by atoms with Crippen LogP contribution in [-0.4, -0.2) is 54.0 Å². The molecule has 0 radical (unpaired) electrons. The first-order chi connectivity index (χ1) is 14.5. The zero-order valence-electron chi connectivity index (χ0n) is 18.1. The van der Waals surface area contributed by atoms with Gasteiger partial charge >= 0.3 is 0 Å².